The monoisotopic (exact) mass is 188 g/mol. The van der Waals surface area contributed by atoms with E-state index in [1.54, 1.807) is 0 Å². The molecule has 0 unspecified atom stereocenters. The van der Waals surface area contributed by atoms with Crippen LogP contribution in [0.1, 0.15) is 12.5 Å². The van der Waals surface area contributed by atoms with Gasteiger partial charge in [-0.25, -0.2) is 9.97 Å². The molecule has 1 aromatic heterocycles. The molecule has 0 saturated carbocycles. The summed E-state index contributed by atoms with van der Waals surface area (Å²) < 4.78 is 5.42. The van der Waals surface area contributed by atoms with Gasteiger partial charge in [-0.1, -0.05) is 11.6 Å². The molecule has 0 aliphatic heterocycles. The van der Waals surface area contributed by atoms with Crippen molar-refractivity contribution in [3.8, 4) is 5.88 Å². The molecule has 2 aromatic rings. The Kier molecular flexibility index (Phi) is 2.31. The van der Waals surface area contributed by atoms with Crippen molar-refractivity contribution in [2.75, 3.05) is 6.61 Å². The molecule has 72 valence electrons. The maximum atomic E-state index is 5.42. The van der Waals surface area contributed by atoms with Gasteiger partial charge in [-0.15, -0.1) is 0 Å². The Morgan fingerprint density at radius 3 is 2.93 bits per heavy atom. The van der Waals surface area contributed by atoms with Crippen LogP contribution in [-0.4, -0.2) is 16.6 Å². The standard InChI is InChI=1S/C11H12N2O/c1-3-14-11-9-6-8(2)4-5-10(9)12-7-13-11/h4-7H,3H2,1-2H3. The zero-order valence-electron chi connectivity index (χ0n) is 8.32. The maximum Gasteiger partial charge on any atom is 0.224 e. The van der Waals surface area contributed by atoms with Crippen LogP contribution < -0.4 is 4.74 Å². The lowest BCUT2D eigenvalue weighted by molar-refractivity contribution is 0.331. The van der Waals surface area contributed by atoms with Gasteiger partial charge >= 0.3 is 0 Å². The highest BCUT2D eigenvalue weighted by molar-refractivity contribution is 5.83. The van der Waals surface area contributed by atoms with Gasteiger partial charge in [-0.2, -0.15) is 0 Å². The molecule has 3 heteroatoms. The van der Waals surface area contributed by atoms with Crippen LogP contribution in [0, 0.1) is 6.92 Å². The van der Waals surface area contributed by atoms with E-state index in [4.69, 9.17) is 4.74 Å². The number of aryl methyl sites for hydroxylation is 1. The fourth-order valence-corrected chi connectivity index (χ4v) is 1.40. The van der Waals surface area contributed by atoms with Gasteiger partial charge in [0.2, 0.25) is 5.88 Å². The first-order valence-corrected chi connectivity index (χ1v) is 4.65. The van der Waals surface area contributed by atoms with Crippen molar-refractivity contribution in [3.05, 3.63) is 30.1 Å². The Labute approximate surface area is 82.8 Å². The molecule has 1 aromatic carbocycles. The van der Waals surface area contributed by atoms with Crippen LogP contribution in [-0.2, 0) is 0 Å². The predicted molar refractivity (Wildman–Crippen MR) is 55.4 cm³/mol. The third-order valence-electron chi connectivity index (χ3n) is 2.04. The summed E-state index contributed by atoms with van der Waals surface area (Å²) in [6, 6.07) is 6.06. The number of benzene rings is 1. The summed E-state index contributed by atoms with van der Waals surface area (Å²) in [4.78, 5) is 8.28. The molecule has 0 fully saturated rings. The van der Waals surface area contributed by atoms with Gasteiger partial charge in [-0.3, -0.25) is 0 Å². The summed E-state index contributed by atoms with van der Waals surface area (Å²) in [5.41, 5.74) is 2.11. The van der Waals surface area contributed by atoms with E-state index in [1.165, 1.54) is 11.9 Å². The Balaban J connectivity index is 2.64. The van der Waals surface area contributed by atoms with Crippen molar-refractivity contribution < 1.29 is 4.74 Å². The first-order valence-electron chi connectivity index (χ1n) is 4.65. The summed E-state index contributed by atoms with van der Waals surface area (Å²) in [7, 11) is 0. The van der Waals surface area contributed by atoms with Gasteiger partial charge in [0.05, 0.1) is 17.5 Å². The molecule has 0 amide bonds. The second-order valence-electron chi connectivity index (χ2n) is 3.13. The summed E-state index contributed by atoms with van der Waals surface area (Å²) >= 11 is 0. The third kappa shape index (κ3) is 1.53. The highest BCUT2D eigenvalue weighted by Gasteiger charge is 2.03. The molecule has 2 rings (SSSR count). The Morgan fingerprint density at radius 2 is 2.14 bits per heavy atom. The number of fused-ring (bicyclic) bond motifs is 1. The second-order valence-corrected chi connectivity index (χ2v) is 3.13. The molecule has 0 aliphatic carbocycles. The molecular weight excluding hydrogens is 176 g/mol. The van der Waals surface area contributed by atoms with Gasteiger partial charge in [0.1, 0.15) is 6.33 Å². The molecule has 0 aliphatic rings. The average molecular weight is 188 g/mol. The Bertz CT molecular complexity index is 454. The molecule has 0 radical (unpaired) electrons. The Morgan fingerprint density at radius 1 is 1.29 bits per heavy atom. The molecular formula is C11H12N2O. The number of nitrogens with zero attached hydrogens (tertiary/aromatic N) is 2. The molecule has 0 N–H and O–H groups in total. The van der Waals surface area contributed by atoms with Crippen molar-refractivity contribution in [3.63, 3.8) is 0 Å². The van der Waals surface area contributed by atoms with Gasteiger partial charge in [0.15, 0.2) is 0 Å². The lowest BCUT2D eigenvalue weighted by atomic mass is 10.2. The molecule has 0 atom stereocenters. The van der Waals surface area contributed by atoms with E-state index in [9.17, 15) is 0 Å². The number of hydrogen-bond acceptors (Lipinski definition) is 3. The third-order valence-corrected chi connectivity index (χ3v) is 2.04. The quantitative estimate of drug-likeness (QED) is 0.725. The van der Waals surface area contributed by atoms with Crippen LogP contribution in [0.25, 0.3) is 10.9 Å². The van der Waals surface area contributed by atoms with Gasteiger partial charge in [0.25, 0.3) is 0 Å². The fourth-order valence-electron chi connectivity index (χ4n) is 1.40. The van der Waals surface area contributed by atoms with Crippen LogP contribution in [0.5, 0.6) is 5.88 Å². The van der Waals surface area contributed by atoms with E-state index >= 15 is 0 Å². The molecule has 0 bridgehead atoms. The summed E-state index contributed by atoms with van der Waals surface area (Å²) in [6.07, 6.45) is 1.53. The van der Waals surface area contributed by atoms with Crippen molar-refractivity contribution in [2.24, 2.45) is 0 Å². The topological polar surface area (TPSA) is 35.0 Å². The fraction of sp³-hybridized carbons (Fsp3) is 0.273. The van der Waals surface area contributed by atoms with Crippen LogP contribution >= 0.6 is 0 Å². The SMILES string of the molecule is CCOc1ncnc2ccc(C)cc12. The van der Waals surface area contributed by atoms with Crippen molar-refractivity contribution >= 4 is 10.9 Å². The number of aromatic nitrogens is 2. The first kappa shape index (κ1) is 8.94. The van der Waals surface area contributed by atoms with E-state index < -0.39 is 0 Å². The molecule has 1 heterocycles. The van der Waals surface area contributed by atoms with Gasteiger partial charge in [-0.05, 0) is 26.0 Å². The number of rotatable bonds is 2. The number of ether oxygens (including phenoxy) is 1. The minimum Gasteiger partial charge on any atom is -0.477 e. The zero-order valence-corrected chi connectivity index (χ0v) is 8.32. The van der Waals surface area contributed by atoms with Crippen molar-refractivity contribution in [2.45, 2.75) is 13.8 Å². The van der Waals surface area contributed by atoms with Crippen molar-refractivity contribution in [1.82, 2.24) is 9.97 Å². The van der Waals surface area contributed by atoms with E-state index in [0.29, 0.717) is 12.5 Å². The Hall–Kier alpha value is -1.64. The van der Waals surface area contributed by atoms with Crippen LogP contribution in [0.3, 0.4) is 0 Å². The second kappa shape index (κ2) is 3.62. The molecule has 0 saturated heterocycles. The summed E-state index contributed by atoms with van der Waals surface area (Å²) in [5, 5.41) is 0.981. The largest absolute Gasteiger partial charge is 0.477 e. The van der Waals surface area contributed by atoms with Gasteiger partial charge in [0, 0.05) is 0 Å². The van der Waals surface area contributed by atoms with E-state index in [-0.39, 0.29) is 0 Å². The normalized spacial score (nSPS) is 10.4. The van der Waals surface area contributed by atoms with E-state index in [2.05, 4.69) is 9.97 Å². The molecule has 3 nitrogen and oxygen atoms in total. The van der Waals surface area contributed by atoms with Crippen LogP contribution in [0.2, 0.25) is 0 Å². The van der Waals surface area contributed by atoms with E-state index in [1.807, 2.05) is 32.0 Å². The average Bonchev–Trinajstić information content (AvgIpc) is 2.19. The van der Waals surface area contributed by atoms with E-state index in [0.717, 1.165) is 10.9 Å². The maximum absolute atomic E-state index is 5.42. The summed E-state index contributed by atoms with van der Waals surface area (Å²) in [5.74, 6) is 0.668. The van der Waals surface area contributed by atoms with Crippen molar-refractivity contribution in [1.29, 1.82) is 0 Å². The first-order chi connectivity index (χ1) is 6.81. The van der Waals surface area contributed by atoms with Crippen LogP contribution in [0.4, 0.5) is 0 Å². The highest BCUT2D eigenvalue weighted by Crippen LogP contribution is 2.21. The highest BCUT2D eigenvalue weighted by atomic mass is 16.5. The predicted octanol–water partition coefficient (Wildman–Crippen LogP) is 2.34. The summed E-state index contributed by atoms with van der Waals surface area (Å²) in [6.45, 7) is 4.62. The minimum absolute atomic E-state index is 0.625. The van der Waals surface area contributed by atoms with Gasteiger partial charge < -0.3 is 4.74 Å². The molecule has 14 heavy (non-hydrogen) atoms. The lowest BCUT2D eigenvalue weighted by Gasteiger charge is -2.05. The lowest BCUT2D eigenvalue weighted by Crippen LogP contribution is -1.96. The number of hydrogen-bond donors (Lipinski definition) is 0. The molecule has 0 spiro atoms. The van der Waals surface area contributed by atoms with Crippen LogP contribution in [0.15, 0.2) is 24.5 Å². The minimum atomic E-state index is 0.625. The zero-order chi connectivity index (χ0) is 9.97. The smallest absolute Gasteiger partial charge is 0.224 e.